The fraction of sp³-hybridized carbons (Fsp3) is 0.182. The van der Waals surface area contributed by atoms with E-state index in [1.54, 1.807) is 18.3 Å². The minimum atomic E-state index is -0.487. The van der Waals surface area contributed by atoms with Gasteiger partial charge in [0.15, 0.2) is 0 Å². The smallest absolute Gasteiger partial charge is 0.123 e. The highest BCUT2D eigenvalue weighted by Gasteiger charge is 2.13. The molecule has 0 aliphatic carbocycles. The van der Waals surface area contributed by atoms with Gasteiger partial charge in [-0.3, -0.25) is 5.10 Å². The van der Waals surface area contributed by atoms with Crippen molar-refractivity contribution in [2.45, 2.75) is 6.04 Å². The molecule has 1 heterocycles. The summed E-state index contributed by atoms with van der Waals surface area (Å²) in [6.07, 6.45) is 1.57. The normalized spacial score (nSPS) is 12.7. The Labute approximate surface area is 91.9 Å². The molecule has 4 N–H and O–H groups in total. The number of halogens is 1. The first kappa shape index (κ1) is 10.8. The average molecular weight is 221 g/mol. The van der Waals surface area contributed by atoms with E-state index < -0.39 is 6.04 Å². The molecule has 1 atom stereocenters. The van der Waals surface area contributed by atoms with Crippen molar-refractivity contribution in [1.82, 2.24) is 10.2 Å². The second kappa shape index (κ2) is 4.42. The van der Waals surface area contributed by atoms with E-state index in [0.717, 1.165) is 5.56 Å². The van der Waals surface area contributed by atoms with Crippen LogP contribution < -0.4 is 5.73 Å². The number of aliphatic hydroxyl groups excluding tert-OH is 1. The number of benzene rings is 1. The summed E-state index contributed by atoms with van der Waals surface area (Å²) >= 11 is 0. The van der Waals surface area contributed by atoms with Crippen LogP contribution in [0.5, 0.6) is 0 Å². The molecule has 4 nitrogen and oxygen atoms in total. The summed E-state index contributed by atoms with van der Waals surface area (Å²) in [5.74, 6) is -0.295. The van der Waals surface area contributed by atoms with Gasteiger partial charge in [-0.05, 0) is 24.3 Å². The highest BCUT2D eigenvalue weighted by Crippen LogP contribution is 2.24. The molecule has 0 radical (unpaired) electrons. The molecule has 0 saturated heterocycles. The lowest BCUT2D eigenvalue weighted by Gasteiger charge is -2.08. The van der Waals surface area contributed by atoms with E-state index in [-0.39, 0.29) is 12.4 Å². The molecule has 0 bridgehead atoms. The lowest BCUT2D eigenvalue weighted by molar-refractivity contribution is 0.268. The van der Waals surface area contributed by atoms with Gasteiger partial charge in [-0.1, -0.05) is 0 Å². The summed E-state index contributed by atoms with van der Waals surface area (Å²) < 4.78 is 12.8. The van der Waals surface area contributed by atoms with Crippen LogP contribution in [0, 0.1) is 5.82 Å². The largest absolute Gasteiger partial charge is 0.394 e. The molecule has 1 aromatic carbocycles. The molecular formula is C11H12FN3O. The number of nitrogens with two attached hydrogens (primary N) is 1. The maximum absolute atomic E-state index is 12.8. The predicted octanol–water partition coefficient (Wildman–Crippen LogP) is 1.21. The SMILES string of the molecule is N[C@@H](CO)c1cn[nH]c1-c1ccc(F)cc1. The van der Waals surface area contributed by atoms with Crippen molar-refractivity contribution in [1.29, 1.82) is 0 Å². The number of nitrogens with one attached hydrogen (secondary N) is 1. The zero-order chi connectivity index (χ0) is 11.5. The van der Waals surface area contributed by atoms with Gasteiger partial charge in [0.2, 0.25) is 0 Å². The Morgan fingerprint density at radius 2 is 2.06 bits per heavy atom. The highest BCUT2D eigenvalue weighted by molar-refractivity contribution is 5.63. The zero-order valence-electron chi connectivity index (χ0n) is 8.52. The molecule has 0 amide bonds. The van der Waals surface area contributed by atoms with Crippen LogP contribution in [-0.2, 0) is 0 Å². The number of aliphatic hydroxyl groups is 1. The summed E-state index contributed by atoms with van der Waals surface area (Å²) in [5, 5.41) is 15.7. The zero-order valence-corrected chi connectivity index (χ0v) is 8.52. The number of H-pyrrole nitrogens is 1. The van der Waals surface area contributed by atoms with Crippen LogP contribution in [0.2, 0.25) is 0 Å². The van der Waals surface area contributed by atoms with Crippen LogP contribution >= 0.6 is 0 Å². The Kier molecular flexibility index (Phi) is 2.98. The third-order valence-corrected chi connectivity index (χ3v) is 2.40. The van der Waals surface area contributed by atoms with Crippen molar-refractivity contribution < 1.29 is 9.50 Å². The van der Waals surface area contributed by atoms with Gasteiger partial charge < -0.3 is 10.8 Å². The lowest BCUT2D eigenvalue weighted by Crippen LogP contribution is -2.14. The van der Waals surface area contributed by atoms with Gasteiger partial charge in [0.25, 0.3) is 0 Å². The summed E-state index contributed by atoms with van der Waals surface area (Å²) in [4.78, 5) is 0. The Morgan fingerprint density at radius 1 is 1.38 bits per heavy atom. The Balaban J connectivity index is 2.40. The van der Waals surface area contributed by atoms with E-state index in [0.29, 0.717) is 11.3 Å². The Morgan fingerprint density at radius 3 is 2.69 bits per heavy atom. The Bertz CT molecular complexity index is 466. The summed E-state index contributed by atoms with van der Waals surface area (Å²) in [6.45, 7) is -0.159. The van der Waals surface area contributed by atoms with Crippen LogP contribution in [0.3, 0.4) is 0 Å². The van der Waals surface area contributed by atoms with Gasteiger partial charge >= 0.3 is 0 Å². The standard InChI is InChI=1S/C11H12FN3O/c12-8-3-1-7(2-4-8)11-9(5-14-15-11)10(13)6-16/h1-5,10,16H,6,13H2,(H,14,15)/t10-/m0/s1. The third kappa shape index (κ3) is 1.95. The van der Waals surface area contributed by atoms with Gasteiger partial charge in [0.1, 0.15) is 5.82 Å². The highest BCUT2D eigenvalue weighted by atomic mass is 19.1. The summed E-state index contributed by atoms with van der Waals surface area (Å²) in [7, 11) is 0. The molecular weight excluding hydrogens is 209 g/mol. The average Bonchev–Trinajstić information content (AvgIpc) is 2.78. The second-order valence-corrected chi connectivity index (χ2v) is 3.50. The monoisotopic (exact) mass is 221 g/mol. The van der Waals surface area contributed by atoms with Crippen LogP contribution in [0.15, 0.2) is 30.5 Å². The molecule has 0 aliphatic heterocycles. The molecule has 0 unspecified atom stereocenters. The first-order valence-electron chi connectivity index (χ1n) is 4.88. The van der Waals surface area contributed by atoms with Gasteiger partial charge in [-0.2, -0.15) is 5.10 Å². The van der Waals surface area contributed by atoms with Gasteiger partial charge in [0.05, 0.1) is 24.5 Å². The second-order valence-electron chi connectivity index (χ2n) is 3.50. The van der Waals surface area contributed by atoms with E-state index in [9.17, 15) is 4.39 Å². The summed E-state index contributed by atoms with van der Waals surface area (Å²) in [6, 6.07) is 5.51. The van der Waals surface area contributed by atoms with E-state index in [1.165, 1.54) is 12.1 Å². The van der Waals surface area contributed by atoms with Gasteiger partial charge in [-0.25, -0.2) is 4.39 Å². The molecule has 16 heavy (non-hydrogen) atoms. The molecule has 2 aromatic rings. The molecule has 0 aliphatic rings. The third-order valence-electron chi connectivity index (χ3n) is 2.40. The first-order chi connectivity index (χ1) is 7.72. The van der Waals surface area contributed by atoms with E-state index in [2.05, 4.69) is 10.2 Å². The summed E-state index contributed by atoms with van der Waals surface area (Å²) in [5.41, 5.74) is 7.94. The van der Waals surface area contributed by atoms with Crippen molar-refractivity contribution in [3.63, 3.8) is 0 Å². The van der Waals surface area contributed by atoms with Crippen LogP contribution in [0.1, 0.15) is 11.6 Å². The number of rotatable bonds is 3. The van der Waals surface area contributed by atoms with Crippen molar-refractivity contribution in [2.75, 3.05) is 6.61 Å². The molecule has 0 saturated carbocycles. The maximum Gasteiger partial charge on any atom is 0.123 e. The van der Waals surface area contributed by atoms with E-state index in [4.69, 9.17) is 10.8 Å². The van der Waals surface area contributed by atoms with Crippen molar-refractivity contribution in [2.24, 2.45) is 5.73 Å². The quantitative estimate of drug-likeness (QED) is 0.729. The Hall–Kier alpha value is -1.72. The minimum absolute atomic E-state index is 0.159. The minimum Gasteiger partial charge on any atom is -0.394 e. The van der Waals surface area contributed by atoms with Crippen LogP contribution in [0.4, 0.5) is 4.39 Å². The predicted molar refractivity (Wildman–Crippen MR) is 58.0 cm³/mol. The van der Waals surface area contributed by atoms with Gasteiger partial charge in [0, 0.05) is 11.1 Å². The number of nitrogens with zero attached hydrogens (tertiary/aromatic N) is 1. The van der Waals surface area contributed by atoms with Crippen molar-refractivity contribution >= 4 is 0 Å². The molecule has 0 fully saturated rings. The fourth-order valence-corrected chi connectivity index (χ4v) is 1.52. The van der Waals surface area contributed by atoms with Crippen LogP contribution in [-0.4, -0.2) is 21.9 Å². The van der Waals surface area contributed by atoms with E-state index >= 15 is 0 Å². The topological polar surface area (TPSA) is 74.9 Å². The molecule has 5 heteroatoms. The fourth-order valence-electron chi connectivity index (χ4n) is 1.52. The molecule has 2 rings (SSSR count). The number of aromatic nitrogens is 2. The maximum atomic E-state index is 12.8. The van der Waals surface area contributed by atoms with Crippen molar-refractivity contribution in [3.8, 4) is 11.3 Å². The van der Waals surface area contributed by atoms with E-state index in [1.807, 2.05) is 0 Å². The van der Waals surface area contributed by atoms with Crippen molar-refractivity contribution in [3.05, 3.63) is 41.8 Å². The molecule has 84 valence electrons. The lowest BCUT2D eigenvalue weighted by atomic mass is 10.0. The molecule has 0 spiro atoms. The first-order valence-corrected chi connectivity index (χ1v) is 4.88. The number of hydrogen-bond acceptors (Lipinski definition) is 3. The van der Waals surface area contributed by atoms with Crippen LogP contribution in [0.25, 0.3) is 11.3 Å². The number of aromatic amines is 1. The molecule has 1 aromatic heterocycles. The number of hydrogen-bond donors (Lipinski definition) is 3. The van der Waals surface area contributed by atoms with Gasteiger partial charge in [-0.15, -0.1) is 0 Å².